The minimum absolute atomic E-state index is 0.00171. The van der Waals surface area contributed by atoms with E-state index in [9.17, 15) is 9.59 Å². The Labute approximate surface area is 178 Å². The minimum atomic E-state index is -0.127. The molecule has 29 heavy (non-hydrogen) atoms. The smallest absolute Gasteiger partial charge is 0.233 e. The van der Waals surface area contributed by atoms with Crippen LogP contribution in [0.15, 0.2) is 24.3 Å². The maximum atomic E-state index is 12.9. The van der Waals surface area contributed by atoms with Crippen molar-refractivity contribution in [3.05, 3.63) is 24.3 Å². The van der Waals surface area contributed by atoms with Crippen molar-refractivity contribution in [2.45, 2.75) is 58.4 Å². The Kier molecular flexibility index (Phi) is 7.47. The first kappa shape index (κ1) is 21.6. The van der Waals surface area contributed by atoms with Crippen molar-refractivity contribution in [2.24, 2.45) is 11.8 Å². The third-order valence-electron chi connectivity index (χ3n) is 5.78. The van der Waals surface area contributed by atoms with E-state index >= 15 is 0 Å². The average Bonchev–Trinajstić information content (AvgIpc) is 2.71. The molecule has 3 rings (SSSR count). The van der Waals surface area contributed by atoms with Crippen LogP contribution in [0, 0.1) is 11.8 Å². The molecular formula is C22H31N3O3S. The molecule has 1 aromatic rings. The van der Waals surface area contributed by atoms with Crippen molar-refractivity contribution >= 4 is 34.8 Å². The molecule has 1 aliphatic carbocycles. The predicted molar refractivity (Wildman–Crippen MR) is 118 cm³/mol. The summed E-state index contributed by atoms with van der Waals surface area (Å²) >= 11 is 5.45. The van der Waals surface area contributed by atoms with Crippen LogP contribution < -0.4 is 15.4 Å². The second-order valence-corrected chi connectivity index (χ2v) is 8.20. The molecule has 0 spiro atoms. The van der Waals surface area contributed by atoms with E-state index in [1.54, 1.807) is 4.90 Å². The predicted octanol–water partition coefficient (Wildman–Crippen LogP) is 3.72. The third-order valence-corrected chi connectivity index (χ3v) is 6.11. The first-order valence-electron chi connectivity index (χ1n) is 10.7. The van der Waals surface area contributed by atoms with Gasteiger partial charge in [-0.3, -0.25) is 14.5 Å². The van der Waals surface area contributed by atoms with Gasteiger partial charge in [-0.05, 0) is 69.1 Å². The zero-order valence-electron chi connectivity index (χ0n) is 17.3. The molecule has 0 bridgehead atoms. The molecule has 0 radical (unpaired) electrons. The van der Waals surface area contributed by atoms with Crippen LogP contribution in [-0.4, -0.2) is 41.0 Å². The van der Waals surface area contributed by atoms with E-state index < -0.39 is 0 Å². The first-order valence-corrected chi connectivity index (χ1v) is 11.1. The van der Waals surface area contributed by atoms with Gasteiger partial charge in [0.25, 0.3) is 0 Å². The number of fused-ring (bicyclic) bond motifs is 1. The van der Waals surface area contributed by atoms with Gasteiger partial charge in [0, 0.05) is 24.2 Å². The fraction of sp³-hybridized carbons (Fsp3) is 0.591. The number of benzene rings is 1. The second-order valence-electron chi connectivity index (χ2n) is 7.82. The molecule has 1 aliphatic heterocycles. The van der Waals surface area contributed by atoms with Gasteiger partial charge in [-0.2, -0.15) is 0 Å². The molecule has 1 heterocycles. The molecule has 1 saturated heterocycles. The Balaban J connectivity index is 1.56. The highest BCUT2D eigenvalue weighted by molar-refractivity contribution is 7.80. The summed E-state index contributed by atoms with van der Waals surface area (Å²) in [6.45, 7) is 5.37. The average molecular weight is 418 g/mol. The van der Waals surface area contributed by atoms with Gasteiger partial charge < -0.3 is 15.4 Å². The standard InChI is InChI=1S/C22H31N3O3S/c1-3-5-6-13-25-21(27)18-12-7-15(14-19(18)24-22(25)29)20(26)23-16-8-10-17(11-9-16)28-4-2/h8-11,15,18-19H,3-7,12-14H2,1-2H3,(H,23,26)(H,24,29). The van der Waals surface area contributed by atoms with Crippen molar-refractivity contribution in [3.63, 3.8) is 0 Å². The van der Waals surface area contributed by atoms with Crippen LogP contribution in [0.3, 0.4) is 0 Å². The lowest BCUT2D eigenvalue weighted by Crippen LogP contribution is -2.61. The number of thiocarbonyl (C=S) groups is 1. The summed E-state index contributed by atoms with van der Waals surface area (Å²) in [7, 11) is 0. The number of carbonyl (C=O) groups is 2. The monoisotopic (exact) mass is 417 g/mol. The number of nitrogens with zero attached hydrogens (tertiary/aromatic N) is 1. The second kappa shape index (κ2) is 10.1. The Morgan fingerprint density at radius 2 is 2.00 bits per heavy atom. The first-order chi connectivity index (χ1) is 14.0. The van der Waals surface area contributed by atoms with Crippen LogP contribution in [0.4, 0.5) is 5.69 Å². The number of amides is 2. The van der Waals surface area contributed by atoms with E-state index in [1.165, 1.54) is 0 Å². The van der Waals surface area contributed by atoms with Crippen molar-refractivity contribution in [2.75, 3.05) is 18.5 Å². The number of anilines is 1. The molecule has 2 amide bonds. The molecule has 2 aliphatic rings. The Hall–Kier alpha value is -2.15. The normalized spacial score (nSPS) is 23.9. The van der Waals surface area contributed by atoms with Gasteiger partial charge in [-0.1, -0.05) is 19.8 Å². The molecule has 7 heteroatoms. The Morgan fingerprint density at radius 1 is 1.24 bits per heavy atom. The molecule has 6 nitrogen and oxygen atoms in total. The van der Waals surface area contributed by atoms with Crippen LogP contribution in [0.1, 0.15) is 52.4 Å². The summed E-state index contributed by atoms with van der Waals surface area (Å²) in [6, 6.07) is 7.34. The van der Waals surface area contributed by atoms with Crippen LogP contribution in [0.2, 0.25) is 0 Å². The zero-order chi connectivity index (χ0) is 20.8. The molecular weight excluding hydrogens is 386 g/mol. The topological polar surface area (TPSA) is 70.7 Å². The van der Waals surface area contributed by atoms with E-state index in [2.05, 4.69) is 17.6 Å². The summed E-state index contributed by atoms with van der Waals surface area (Å²) in [5.41, 5.74) is 0.755. The van der Waals surface area contributed by atoms with Crippen molar-refractivity contribution < 1.29 is 14.3 Å². The van der Waals surface area contributed by atoms with Crippen molar-refractivity contribution in [1.29, 1.82) is 0 Å². The molecule has 1 saturated carbocycles. The molecule has 1 aromatic carbocycles. The fourth-order valence-corrected chi connectivity index (χ4v) is 4.51. The lowest BCUT2D eigenvalue weighted by molar-refractivity contribution is -0.137. The molecule has 2 fully saturated rings. The largest absolute Gasteiger partial charge is 0.494 e. The number of hydrogen-bond acceptors (Lipinski definition) is 4. The maximum Gasteiger partial charge on any atom is 0.233 e. The Morgan fingerprint density at radius 3 is 2.69 bits per heavy atom. The minimum Gasteiger partial charge on any atom is -0.494 e. The van der Waals surface area contributed by atoms with Crippen LogP contribution in [-0.2, 0) is 9.59 Å². The summed E-state index contributed by atoms with van der Waals surface area (Å²) in [5.74, 6) is 0.696. The van der Waals surface area contributed by atoms with Crippen LogP contribution in [0.5, 0.6) is 5.75 Å². The summed E-state index contributed by atoms with van der Waals surface area (Å²) < 4.78 is 5.43. The summed E-state index contributed by atoms with van der Waals surface area (Å²) in [5, 5.41) is 6.84. The van der Waals surface area contributed by atoms with Gasteiger partial charge in [0.2, 0.25) is 11.8 Å². The van der Waals surface area contributed by atoms with Crippen LogP contribution >= 0.6 is 12.2 Å². The zero-order valence-corrected chi connectivity index (χ0v) is 18.1. The van der Waals surface area contributed by atoms with Crippen molar-refractivity contribution in [1.82, 2.24) is 10.2 Å². The fourth-order valence-electron chi connectivity index (χ4n) is 4.18. The quantitative estimate of drug-likeness (QED) is 0.498. The van der Waals surface area contributed by atoms with Gasteiger partial charge in [0.05, 0.1) is 12.5 Å². The van der Waals surface area contributed by atoms with E-state index in [-0.39, 0.29) is 29.7 Å². The number of carbonyl (C=O) groups excluding carboxylic acids is 2. The molecule has 3 atom stereocenters. The van der Waals surface area contributed by atoms with E-state index in [0.29, 0.717) is 37.5 Å². The highest BCUT2D eigenvalue weighted by Gasteiger charge is 2.43. The van der Waals surface area contributed by atoms with Gasteiger partial charge in [-0.25, -0.2) is 0 Å². The molecule has 0 aromatic heterocycles. The maximum absolute atomic E-state index is 12.9. The van der Waals surface area contributed by atoms with Crippen LogP contribution in [0.25, 0.3) is 0 Å². The van der Waals surface area contributed by atoms with Gasteiger partial charge in [0.1, 0.15) is 5.75 Å². The highest BCUT2D eigenvalue weighted by Crippen LogP contribution is 2.34. The van der Waals surface area contributed by atoms with Gasteiger partial charge in [0.15, 0.2) is 5.11 Å². The molecule has 2 N–H and O–H groups in total. The van der Waals surface area contributed by atoms with Gasteiger partial charge in [-0.15, -0.1) is 0 Å². The summed E-state index contributed by atoms with van der Waals surface area (Å²) in [4.78, 5) is 27.4. The van der Waals surface area contributed by atoms with Gasteiger partial charge >= 0.3 is 0 Å². The lowest BCUT2D eigenvalue weighted by atomic mass is 9.76. The number of nitrogens with one attached hydrogen (secondary N) is 2. The SMILES string of the molecule is CCCCCN1C(=O)C2CCC(C(=O)Nc3ccc(OCC)cc3)CC2NC1=S. The number of hydrogen-bond donors (Lipinski definition) is 2. The lowest BCUT2D eigenvalue weighted by Gasteiger charge is -2.43. The van der Waals surface area contributed by atoms with E-state index in [1.807, 2.05) is 31.2 Å². The van der Waals surface area contributed by atoms with Crippen molar-refractivity contribution in [3.8, 4) is 5.75 Å². The highest BCUT2D eigenvalue weighted by atomic mass is 32.1. The number of unbranched alkanes of at least 4 members (excludes halogenated alkanes) is 2. The third kappa shape index (κ3) is 5.26. The molecule has 158 valence electrons. The number of rotatable bonds is 8. The Bertz CT molecular complexity index is 737. The van der Waals surface area contributed by atoms with E-state index in [4.69, 9.17) is 17.0 Å². The summed E-state index contributed by atoms with van der Waals surface area (Å²) in [6.07, 6.45) is 5.22. The van der Waals surface area contributed by atoms with E-state index in [0.717, 1.165) is 30.7 Å². The molecule has 3 unspecified atom stereocenters. The number of ether oxygens (including phenoxy) is 1.